The van der Waals surface area contributed by atoms with Crippen molar-refractivity contribution >= 4 is 16.6 Å². The summed E-state index contributed by atoms with van der Waals surface area (Å²) < 4.78 is 5.89. The Kier molecular flexibility index (Phi) is 11.3. The third kappa shape index (κ3) is 8.59. The second-order valence-corrected chi connectivity index (χ2v) is 10.0. The van der Waals surface area contributed by atoms with Crippen molar-refractivity contribution in [2.75, 3.05) is 0 Å². The van der Waals surface area contributed by atoms with Crippen molar-refractivity contribution in [3.8, 4) is 11.6 Å². The van der Waals surface area contributed by atoms with Gasteiger partial charge in [0.25, 0.3) is 0 Å². The zero-order chi connectivity index (χ0) is 25.5. The Balaban J connectivity index is 0.000000352. The molecule has 1 N–H and O–H groups in total. The average Bonchev–Trinajstić information content (AvgIpc) is 2.79. The Morgan fingerprint density at radius 3 is 2.26 bits per heavy atom. The minimum atomic E-state index is -0.377. The average molecular weight is 653 g/mol. The Bertz CT molecular complexity index is 1140. The normalized spacial score (nSPS) is 11.8. The van der Waals surface area contributed by atoms with Crippen LogP contribution in [0.4, 0.5) is 0 Å². The minimum Gasteiger partial charge on any atom is -0.512 e. The van der Waals surface area contributed by atoms with E-state index in [4.69, 9.17) is 4.74 Å². The fraction of sp³-hybridized carbons (Fsp3) is 0.400. The molecule has 0 fully saturated rings. The predicted octanol–water partition coefficient (Wildman–Crippen LogP) is 8.31. The molecule has 0 amide bonds. The van der Waals surface area contributed by atoms with Crippen LogP contribution in [0.5, 0.6) is 11.6 Å². The molecule has 0 aliphatic carbocycles. The van der Waals surface area contributed by atoms with Crippen LogP contribution in [-0.4, -0.2) is 15.9 Å². The van der Waals surface area contributed by atoms with E-state index >= 15 is 0 Å². The number of rotatable bonds is 7. The fourth-order valence-corrected chi connectivity index (χ4v) is 3.06. The largest absolute Gasteiger partial charge is 0.512 e. The van der Waals surface area contributed by atoms with Gasteiger partial charge < -0.3 is 9.84 Å². The van der Waals surface area contributed by atoms with Gasteiger partial charge in [-0.05, 0) is 30.4 Å². The zero-order valence-electron chi connectivity index (χ0n) is 22.2. The molecule has 0 spiro atoms. The van der Waals surface area contributed by atoms with E-state index in [1.165, 1.54) is 6.08 Å². The molecule has 2 aromatic carbocycles. The SMILES string of the molecule is CCC(C)(C)C(=O)/C=C(\O)C(C)(C)CC.Cc1[c-]c(Oc2nccc3ccccc23)cc(C)c1.[Ir]. The molecule has 0 saturated carbocycles. The topological polar surface area (TPSA) is 59.4 Å². The summed E-state index contributed by atoms with van der Waals surface area (Å²) in [6, 6.07) is 17.3. The molecule has 1 aromatic heterocycles. The van der Waals surface area contributed by atoms with Crippen molar-refractivity contribution in [1.29, 1.82) is 0 Å². The van der Waals surface area contributed by atoms with Gasteiger partial charge in [-0.3, -0.25) is 4.79 Å². The summed E-state index contributed by atoms with van der Waals surface area (Å²) in [5.41, 5.74) is 1.54. The van der Waals surface area contributed by atoms with Crippen LogP contribution in [-0.2, 0) is 24.9 Å². The number of hydrogen-bond donors (Lipinski definition) is 1. The van der Waals surface area contributed by atoms with Gasteiger partial charge in [0.15, 0.2) is 5.78 Å². The van der Waals surface area contributed by atoms with Crippen LogP contribution in [0.2, 0.25) is 0 Å². The van der Waals surface area contributed by atoms with Gasteiger partial charge in [0.2, 0.25) is 5.88 Å². The zero-order valence-corrected chi connectivity index (χ0v) is 24.5. The molecule has 0 unspecified atom stereocenters. The van der Waals surface area contributed by atoms with Crippen LogP contribution in [0, 0.1) is 30.7 Å². The number of fused-ring (bicyclic) bond motifs is 1. The number of aromatic nitrogens is 1. The van der Waals surface area contributed by atoms with E-state index in [0.29, 0.717) is 11.6 Å². The van der Waals surface area contributed by atoms with E-state index in [1.54, 1.807) is 6.20 Å². The maximum atomic E-state index is 11.8. The number of allylic oxidation sites excluding steroid dienone is 2. The third-order valence-electron chi connectivity index (χ3n) is 6.36. The number of carbonyl (C=O) groups excluding carboxylic acids is 1. The van der Waals surface area contributed by atoms with Crippen molar-refractivity contribution in [1.82, 2.24) is 4.98 Å². The molecule has 0 aliphatic rings. The number of aliphatic hydroxyl groups excluding tert-OH is 1. The Morgan fingerprint density at radius 2 is 1.66 bits per heavy atom. The van der Waals surface area contributed by atoms with E-state index in [2.05, 4.69) is 23.2 Å². The third-order valence-corrected chi connectivity index (χ3v) is 6.36. The molecular formula is C30H38IrNO3-. The maximum absolute atomic E-state index is 11.8. The molecule has 5 heteroatoms. The summed E-state index contributed by atoms with van der Waals surface area (Å²) in [7, 11) is 0. The monoisotopic (exact) mass is 653 g/mol. The number of nitrogens with zero attached hydrogens (tertiary/aromatic N) is 1. The second-order valence-electron chi connectivity index (χ2n) is 10.0. The summed E-state index contributed by atoms with van der Waals surface area (Å²) >= 11 is 0. The molecule has 4 nitrogen and oxygen atoms in total. The molecule has 3 rings (SSSR count). The number of ketones is 1. The first kappa shape index (κ1) is 30.5. The molecular weight excluding hydrogens is 615 g/mol. The summed E-state index contributed by atoms with van der Waals surface area (Å²) in [6.45, 7) is 15.7. The molecule has 0 atom stereocenters. The van der Waals surface area contributed by atoms with E-state index in [0.717, 1.165) is 34.7 Å². The van der Waals surface area contributed by atoms with Crippen molar-refractivity contribution in [3.63, 3.8) is 0 Å². The van der Waals surface area contributed by atoms with Gasteiger partial charge in [-0.15, -0.1) is 12.1 Å². The van der Waals surface area contributed by atoms with E-state index in [9.17, 15) is 9.90 Å². The quantitative estimate of drug-likeness (QED) is 0.159. The number of ether oxygens (including phenoxy) is 1. The number of pyridine rings is 1. The van der Waals surface area contributed by atoms with Gasteiger partial charge in [-0.2, -0.15) is 17.2 Å². The van der Waals surface area contributed by atoms with Gasteiger partial charge in [0, 0.05) is 54.3 Å². The summed E-state index contributed by atoms with van der Waals surface area (Å²) in [5, 5.41) is 12.0. The molecule has 0 aliphatic heterocycles. The predicted molar refractivity (Wildman–Crippen MR) is 140 cm³/mol. The number of aliphatic hydroxyl groups is 1. The molecule has 191 valence electrons. The standard InChI is InChI=1S/C17H14NO.C13H24O2.Ir/c1-12-9-13(2)11-15(10-12)19-17-16-6-4-3-5-14(16)7-8-18-17;1-7-12(3,4)10(14)9-11(15)13(5,6)8-2;/h3-10H,1-2H3;9,14H,7-8H2,1-6H3;/q-1;;/b;10-9-;. The summed E-state index contributed by atoms with van der Waals surface area (Å²) in [4.78, 5) is 16.2. The number of benzene rings is 2. The second kappa shape index (κ2) is 13.0. The Labute approximate surface area is 224 Å². The van der Waals surface area contributed by atoms with Crippen molar-refractivity contribution < 1.29 is 34.7 Å². The van der Waals surface area contributed by atoms with Crippen LogP contribution < -0.4 is 4.74 Å². The maximum Gasteiger partial charge on any atom is 0.224 e. The van der Waals surface area contributed by atoms with Crippen molar-refractivity contribution in [3.05, 3.63) is 77.7 Å². The van der Waals surface area contributed by atoms with Crippen LogP contribution in [0.15, 0.2) is 60.5 Å². The van der Waals surface area contributed by atoms with Gasteiger partial charge in [-0.25, -0.2) is 4.98 Å². The molecule has 3 aromatic rings. The van der Waals surface area contributed by atoms with Gasteiger partial charge in [0.1, 0.15) is 5.76 Å². The number of hydrogen-bond acceptors (Lipinski definition) is 4. The molecule has 0 saturated heterocycles. The molecule has 35 heavy (non-hydrogen) atoms. The van der Waals surface area contributed by atoms with Crippen LogP contribution in [0.1, 0.15) is 65.5 Å². The Hall–Kier alpha value is -2.49. The first-order valence-electron chi connectivity index (χ1n) is 11.9. The van der Waals surface area contributed by atoms with Gasteiger partial charge in [0.05, 0.1) is 0 Å². The number of carbonyl (C=O) groups is 1. The van der Waals surface area contributed by atoms with Crippen molar-refractivity contribution in [2.24, 2.45) is 10.8 Å². The van der Waals surface area contributed by atoms with Crippen LogP contribution >= 0.6 is 0 Å². The van der Waals surface area contributed by atoms with E-state index in [-0.39, 0.29) is 42.5 Å². The van der Waals surface area contributed by atoms with E-state index in [1.807, 2.05) is 85.7 Å². The fourth-order valence-electron chi connectivity index (χ4n) is 3.06. The molecule has 0 bridgehead atoms. The van der Waals surface area contributed by atoms with Gasteiger partial charge in [-0.1, -0.05) is 73.6 Å². The van der Waals surface area contributed by atoms with Crippen LogP contribution in [0.3, 0.4) is 0 Å². The minimum absolute atomic E-state index is 0. The van der Waals surface area contributed by atoms with Crippen molar-refractivity contribution in [2.45, 2.75) is 68.2 Å². The Morgan fingerprint density at radius 1 is 1.03 bits per heavy atom. The number of aryl methyl sites for hydroxylation is 2. The summed E-state index contributed by atoms with van der Waals surface area (Å²) in [5.74, 6) is 1.53. The van der Waals surface area contributed by atoms with Gasteiger partial charge >= 0.3 is 0 Å². The van der Waals surface area contributed by atoms with E-state index < -0.39 is 0 Å². The molecule has 1 radical (unpaired) electrons. The van der Waals surface area contributed by atoms with Crippen LogP contribution in [0.25, 0.3) is 10.8 Å². The smallest absolute Gasteiger partial charge is 0.224 e. The molecule has 1 heterocycles. The summed E-state index contributed by atoms with van der Waals surface area (Å²) in [6.07, 6.45) is 4.75. The first-order chi connectivity index (χ1) is 15.9. The first-order valence-corrected chi connectivity index (χ1v) is 11.9.